The van der Waals surface area contributed by atoms with E-state index >= 15 is 0 Å². The van der Waals surface area contributed by atoms with E-state index in [1.165, 1.54) is 0 Å². The van der Waals surface area contributed by atoms with Crippen LogP contribution < -0.4 is 0 Å². The summed E-state index contributed by atoms with van der Waals surface area (Å²) in [4.78, 5) is 0. The van der Waals surface area contributed by atoms with Crippen molar-refractivity contribution in [1.82, 2.24) is 0 Å². The molecule has 0 saturated heterocycles. The molecule has 0 bridgehead atoms. The minimum atomic E-state index is 0.731. The van der Waals surface area contributed by atoms with Crippen molar-refractivity contribution in [2.45, 2.75) is 6.92 Å². The van der Waals surface area contributed by atoms with E-state index in [0.29, 0.717) is 0 Å². The Hall–Kier alpha value is 0.380. The monoisotopic (exact) mass is 122 g/mol. The molecule has 0 nitrogen and oxygen atoms in total. The van der Waals surface area contributed by atoms with E-state index in [0.717, 1.165) is 10.8 Å². The largest absolute Gasteiger partial charge is 0.175 e. The van der Waals surface area contributed by atoms with Crippen molar-refractivity contribution in [3.05, 3.63) is 11.1 Å². The van der Waals surface area contributed by atoms with Gasteiger partial charge < -0.3 is 0 Å². The number of halogens is 1. The molecular weight excluding hydrogens is 116 g/mol. The second-order valence-corrected chi connectivity index (χ2v) is 1.93. The van der Waals surface area contributed by atoms with Crippen molar-refractivity contribution >= 4 is 24.2 Å². The summed E-state index contributed by atoms with van der Waals surface area (Å²) in [5.74, 6) is 0.731. The van der Waals surface area contributed by atoms with E-state index in [1.54, 1.807) is 0 Å². The molecule has 0 radical (unpaired) electrons. The highest BCUT2D eigenvalue weighted by Crippen LogP contribution is 1.96. The van der Waals surface area contributed by atoms with Crippen molar-refractivity contribution in [2.75, 3.05) is 5.75 Å². The van der Waals surface area contributed by atoms with Gasteiger partial charge in [-0.3, -0.25) is 0 Å². The van der Waals surface area contributed by atoms with Crippen LogP contribution in [0.2, 0.25) is 0 Å². The van der Waals surface area contributed by atoms with Crippen molar-refractivity contribution in [3.63, 3.8) is 0 Å². The molecule has 0 aliphatic heterocycles. The highest BCUT2D eigenvalue weighted by molar-refractivity contribution is 7.80. The molecule has 0 N–H and O–H groups in total. The SMILES string of the molecule is C/C(Cl)=C/CS. The van der Waals surface area contributed by atoms with Crippen LogP contribution in [0.5, 0.6) is 0 Å². The summed E-state index contributed by atoms with van der Waals surface area (Å²) in [6, 6.07) is 0. The van der Waals surface area contributed by atoms with Gasteiger partial charge in [-0.2, -0.15) is 12.6 Å². The first-order valence-electron chi connectivity index (χ1n) is 1.70. The minimum absolute atomic E-state index is 0.731. The molecule has 0 aliphatic rings. The van der Waals surface area contributed by atoms with Crippen LogP contribution in [-0.4, -0.2) is 5.75 Å². The van der Waals surface area contributed by atoms with Crippen molar-refractivity contribution < 1.29 is 0 Å². The zero-order valence-corrected chi connectivity index (χ0v) is 5.26. The van der Waals surface area contributed by atoms with Crippen LogP contribution >= 0.6 is 24.2 Å². The van der Waals surface area contributed by atoms with Gasteiger partial charge in [-0.25, -0.2) is 0 Å². The van der Waals surface area contributed by atoms with E-state index in [9.17, 15) is 0 Å². The van der Waals surface area contributed by atoms with Crippen LogP contribution in [-0.2, 0) is 0 Å². The predicted molar refractivity (Wildman–Crippen MR) is 33.5 cm³/mol. The Morgan fingerprint density at radius 3 is 2.50 bits per heavy atom. The highest BCUT2D eigenvalue weighted by Gasteiger charge is 1.70. The minimum Gasteiger partial charge on any atom is -0.175 e. The summed E-state index contributed by atoms with van der Waals surface area (Å²) < 4.78 is 0. The lowest BCUT2D eigenvalue weighted by Gasteiger charge is -1.76. The molecule has 0 aromatic carbocycles. The van der Waals surface area contributed by atoms with Gasteiger partial charge in [0.25, 0.3) is 0 Å². The molecule has 0 heterocycles. The summed E-state index contributed by atoms with van der Waals surface area (Å²) in [5.41, 5.74) is 0. The summed E-state index contributed by atoms with van der Waals surface area (Å²) in [6.45, 7) is 1.83. The average molecular weight is 123 g/mol. The zero-order chi connectivity index (χ0) is 4.99. The molecule has 0 saturated carbocycles. The van der Waals surface area contributed by atoms with Crippen molar-refractivity contribution in [1.29, 1.82) is 0 Å². The first-order chi connectivity index (χ1) is 2.77. The molecule has 0 aliphatic carbocycles. The van der Waals surface area contributed by atoms with E-state index in [4.69, 9.17) is 11.6 Å². The van der Waals surface area contributed by atoms with Crippen LogP contribution in [0.1, 0.15) is 6.92 Å². The Labute approximate surface area is 48.6 Å². The summed E-state index contributed by atoms with van der Waals surface area (Å²) in [7, 11) is 0. The number of hydrogen-bond donors (Lipinski definition) is 1. The predicted octanol–water partition coefficient (Wildman–Crippen LogP) is 2.06. The third-order valence-electron chi connectivity index (χ3n) is 0.373. The molecule has 0 spiro atoms. The van der Waals surface area contributed by atoms with Crippen LogP contribution in [0.25, 0.3) is 0 Å². The summed E-state index contributed by atoms with van der Waals surface area (Å²) >= 11 is 9.29. The number of rotatable bonds is 1. The average Bonchev–Trinajstić information content (AvgIpc) is 1.35. The van der Waals surface area contributed by atoms with E-state index in [2.05, 4.69) is 12.6 Å². The molecule has 0 atom stereocenters. The van der Waals surface area contributed by atoms with Gasteiger partial charge in [-0.15, -0.1) is 0 Å². The van der Waals surface area contributed by atoms with Gasteiger partial charge in [-0.05, 0) is 6.92 Å². The van der Waals surface area contributed by atoms with Crippen LogP contribution in [0.4, 0.5) is 0 Å². The van der Waals surface area contributed by atoms with Crippen LogP contribution in [0.3, 0.4) is 0 Å². The van der Waals surface area contributed by atoms with Gasteiger partial charge in [0.05, 0.1) is 0 Å². The Morgan fingerprint density at radius 2 is 2.50 bits per heavy atom. The molecule has 36 valence electrons. The molecule has 0 amide bonds. The molecule has 0 aromatic rings. The zero-order valence-electron chi connectivity index (χ0n) is 3.61. The third-order valence-corrected chi connectivity index (χ3v) is 0.709. The van der Waals surface area contributed by atoms with Gasteiger partial charge in [-0.1, -0.05) is 17.7 Å². The molecule has 0 aromatic heterocycles. The Morgan fingerprint density at radius 1 is 2.00 bits per heavy atom. The van der Waals surface area contributed by atoms with Gasteiger partial charge >= 0.3 is 0 Å². The third kappa shape index (κ3) is 4.38. The fourth-order valence-corrected chi connectivity index (χ4v) is 0.584. The number of hydrogen-bond acceptors (Lipinski definition) is 1. The van der Waals surface area contributed by atoms with E-state index < -0.39 is 0 Å². The molecule has 0 rings (SSSR count). The highest BCUT2D eigenvalue weighted by atomic mass is 35.5. The lowest BCUT2D eigenvalue weighted by atomic mass is 10.6. The normalized spacial score (nSPS) is 12.2. The van der Waals surface area contributed by atoms with Crippen molar-refractivity contribution in [2.24, 2.45) is 0 Å². The van der Waals surface area contributed by atoms with Crippen LogP contribution in [0, 0.1) is 0 Å². The topological polar surface area (TPSA) is 0 Å². The Bertz CT molecular complexity index is 54.6. The Balaban J connectivity index is 3.14. The lowest BCUT2D eigenvalue weighted by Crippen LogP contribution is -1.59. The maximum Gasteiger partial charge on any atom is 0.0118 e. The molecule has 0 unspecified atom stereocenters. The second-order valence-electron chi connectivity index (χ2n) is 0.973. The Kier molecular flexibility index (Phi) is 3.79. The smallest absolute Gasteiger partial charge is 0.0118 e. The molecular formula is C4H7ClS. The fourth-order valence-electron chi connectivity index (χ4n) is 0.126. The van der Waals surface area contributed by atoms with Crippen molar-refractivity contribution in [3.8, 4) is 0 Å². The maximum absolute atomic E-state index is 5.39. The summed E-state index contributed by atoms with van der Waals surface area (Å²) in [5, 5.41) is 0.810. The van der Waals surface area contributed by atoms with Gasteiger partial charge in [0.2, 0.25) is 0 Å². The van der Waals surface area contributed by atoms with E-state index in [-0.39, 0.29) is 0 Å². The molecule has 0 fully saturated rings. The van der Waals surface area contributed by atoms with Gasteiger partial charge in [0.1, 0.15) is 0 Å². The standard InChI is InChI=1S/C4H7ClS/c1-4(5)2-3-6/h2,6H,3H2,1H3/b4-2-. The number of allylic oxidation sites excluding steroid dienone is 1. The lowest BCUT2D eigenvalue weighted by molar-refractivity contribution is 1.60. The second kappa shape index (κ2) is 3.57. The fraction of sp³-hybridized carbons (Fsp3) is 0.500. The maximum atomic E-state index is 5.39. The molecule has 6 heavy (non-hydrogen) atoms. The quantitative estimate of drug-likeness (QED) is 0.506. The first kappa shape index (κ1) is 6.38. The number of thiol groups is 1. The first-order valence-corrected chi connectivity index (χ1v) is 2.71. The van der Waals surface area contributed by atoms with Gasteiger partial charge in [0.15, 0.2) is 0 Å². The van der Waals surface area contributed by atoms with Crippen LogP contribution in [0.15, 0.2) is 11.1 Å². The van der Waals surface area contributed by atoms with Gasteiger partial charge in [0, 0.05) is 10.8 Å². The van der Waals surface area contributed by atoms with E-state index in [1.807, 2.05) is 13.0 Å². The summed E-state index contributed by atoms with van der Waals surface area (Å²) in [6.07, 6.45) is 1.84. The molecule has 2 heteroatoms.